The van der Waals surface area contributed by atoms with E-state index >= 15 is 0 Å². The molecule has 2 nitrogen and oxygen atoms in total. The Bertz CT molecular complexity index is 925. The van der Waals surface area contributed by atoms with Crippen LogP contribution in [0, 0.1) is 5.82 Å². The third-order valence-electron chi connectivity index (χ3n) is 4.40. The fraction of sp³-hybridized carbons (Fsp3) is 0.0909. The number of fused-ring (bicyclic) bond motifs is 1. The van der Waals surface area contributed by atoms with Crippen molar-refractivity contribution < 1.29 is 13.9 Å². The smallest absolute Gasteiger partial charge is 0.127 e. The summed E-state index contributed by atoms with van der Waals surface area (Å²) in [6.45, 7) is 0.448. The van der Waals surface area contributed by atoms with Crippen molar-refractivity contribution in [1.29, 1.82) is 0 Å². The molecular formula is C22H17FO2. The van der Waals surface area contributed by atoms with Gasteiger partial charge in [-0.05, 0) is 47.0 Å². The molecule has 0 saturated carbocycles. The van der Waals surface area contributed by atoms with Gasteiger partial charge < -0.3 is 9.47 Å². The van der Waals surface area contributed by atoms with Crippen LogP contribution in [0.4, 0.5) is 4.39 Å². The third-order valence-corrected chi connectivity index (χ3v) is 4.40. The molecule has 0 atom stereocenters. The Labute approximate surface area is 146 Å². The lowest BCUT2D eigenvalue weighted by Gasteiger charge is -2.25. The van der Waals surface area contributed by atoms with Crippen molar-refractivity contribution in [3.63, 3.8) is 0 Å². The van der Waals surface area contributed by atoms with E-state index < -0.39 is 0 Å². The van der Waals surface area contributed by atoms with Crippen molar-refractivity contribution in [2.24, 2.45) is 0 Å². The van der Waals surface area contributed by atoms with Crippen LogP contribution < -0.4 is 9.47 Å². The van der Waals surface area contributed by atoms with Gasteiger partial charge in [0, 0.05) is 11.1 Å². The first-order valence-electron chi connectivity index (χ1n) is 8.12. The lowest BCUT2D eigenvalue weighted by molar-refractivity contribution is 0.365. The minimum absolute atomic E-state index is 0.243. The number of methoxy groups -OCH3 is 1. The molecule has 1 aliphatic heterocycles. The Hall–Kier alpha value is -3.07. The van der Waals surface area contributed by atoms with Crippen LogP contribution in [0.2, 0.25) is 0 Å². The predicted octanol–water partition coefficient (Wildman–Crippen LogP) is 5.19. The number of hydrogen-bond acceptors (Lipinski definition) is 2. The van der Waals surface area contributed by atoms with E-state index in [2.05, 4.69) is 6.07 Å². The molecule has 0 saturated heterocycles. The summed E-state index contributed by atoms with van der Waals surface area (Å²) in [6.07, 6.45) is 0. The van der Waals surface area contributed by atoms with Crippen molar-refractivity contribution in [3.8, 4) is 11.5 Å². The van der Waals surface area contributed by atoms with Gasteiger partial charge in [-0.1, -0.05) is 42.5 Å². The standard InChI is InChI=1S/C22H17FO2/c1-24-18-12-8-16(9-13-18)22-19-4-2-3-5-21(19)25-14-20(22)15-6-10-17(23)11-7-15/h2-13H,14H2,1H3. The maximum atomic E-state index is 13.3. The highest BCUT2D eigenvalue weighted by molar-refractivity contribution is 6.01. The maximum Gasteiger partial charge on any atom is 0.127 e. The molecule has 0 aromatic heterocycles. The maximum absolute atomic E-state index is 13.3. The van der Waals surface area contributed by atoms with Gasteiger partial charge in [0.05, 0.1) is 7.11 Å². The highest BCUT2D eigenvalue weighted by Gasteiger charge is 2.22. The van der Waals surface area contributed by atoms with Crippen LogP contribution in [-0.4, -0.2) is 13.7 Å². The van der Waals surface area contributed by atoms with E-state index in [-0.39, 0.29) is 5.82 Å². The van der Waals surface area contributed by atoms with Gasteiger partial charge in [-0.15, -0.1) is 0 Å². The molecule has 0 bridgehead atoms. The molecule has 0 unspecified atom stereocenters. The summed E-state index contributed by atoms with van der Waals surface area (Å²) in [4.78, 5) is 0. The number of para-hydroxylation sites is 1. The topological polar surface area (TPSA) is 18.5 Å². The molecule has 1 heterocycles. The molecule has 0 spiro atoms. The Balaban J connectivity index is 1.93. The van der Waals surface area contributed by atoms with Gasteiger partial charge in [0.15, 0.2) is 0 Å². The molecule has 4 rings (SSSR count). The van der Waals surface area contributed by atoms with Crippen LogP contribution >= 0.6 is 0 Å². The monoisotopic (exact) mass is 332 g/mol. The zero-order valence-corrected chi connectivity index (χ0v) is 13.8. The predicted molar refractivity (Wildman–Crippen MR) is 97.2 cm³/mol. The van der Waals surface area contributed by atoms with Crippen LogP contribution in [0.1, 0.15) is 16.7 Å². The van der Waals surface area contributed by atoms with E-state index in [0.29, 0.717) is 6.61 Å². The summed E-state index contributed by atoms with van der Waals surface area (Å²) in [7, 11) is 1.65. The molecule has 0 radical (unpaired) electrons. The van der Waals surface area contributed by atoms with Crippen molar-refractivity contribution in [2.45, 2.75) is 0 Å². The van der Waals surface area contributed by atoms with Crippen LogP contribution in [-0.2, 0) is 0 Å². The molecule has 124 valence electrons. The Kier molecular flexibility index (Phi) is 3.98. The number of benzene rings is 3. The third kappa shape index (κ3) is 2.89. The van der Waals surface area contributed by atoms with Gasteiger partial charge >= 0.3 is 0 Å². The van der Waals surface area contributed by atoms with Crippen LogP contribution in [0.5, 0.6) is 11.5 Å². The van der Waals surface area contributed by atoms with E-state index in [1.807, 2.05) is 42.5 Å². The highest BCUT2D eigenvalue weighted by atomic mass is 19.1. The number of ether oxygens (including phenoxy) is 2. The molecule has 3 heteroatoms. The fourth-order valence-electron chi connectivity index (χ4n) is 3.15. The summed E-state index contributed by atoms with van der Waals surface area (Å²) in [5, 5.41) is 0. The minimum Gasteiger partial charge on any atom is -0.497 e. The summed E-state index contributed by atoms with van der Waals surface area (Å²) < 4.78 is 24.5. The Morgan fingerprint density at radius 1 is 0.840 bits per heavy atom. The quantitative estimate of drug-likeness (QED) is 0.657. The number of rotatable bonds is 3. The van der Waals surface area contributed by atoms with Crippen LogP contribution in [0.15, 0.2) is 72.8 Å². The van der Waals surface area contributed by atoms with E-state index in [0.717, 1.165) is 39.3 Å². The molecule has 3 aromatic rings. The van der Waals surface area contributed by atoms with E-state index in [1.165, 1.54) is 12.1 Å². The second-order valence-electron chi connectivity index (χ2n) is 5.87. The van der Waals surface area contributed by atoms with Gasteiger partial charge in [0.25, 0.3) is 0 Å². The first kappa shape index (κ1) is 15.5. The Morgan fingerprint density at radius 2 is 1.52 bits per heavy atom. The van der Waals surface area contributed by atoms with E-state index in [1.54, 1.807) is 19.2 Å². The first-order valence-corrected chi connectivity index (χ1v) is 8.12. The highest BCUT2D eigenvalue weighted by Crippen LogP contribution is 2.41. The molecular weight excluding hydrogens is 315 g/mol. The molecule has 1 aliphatic rings. The summed E-state index contributed by atoms with van der Waals surface area (Å²) >= 11 is 0. The zero-order valence-electron chi connectivity index (χ0n) is 13.8. The minimum atomic E-state index is -0.243. The van der Waals surface area contributed by atoms with Gasteiger partial charge in [0.1, 0.15) is 23.9 Å². The molecule has 3 aromatic carbocycles. The second kappa shape index (κ2) is 6.44. The summed E-state index contributed by atoms with van der Waals surface area (Å²) in [6, 6.07) is 22.5. The molecule has 25 heavy (non-hydrogen) atoms. The fourth-order valence-corrected chi connectivity index (χ4v) is 3.15. The van der Waals surface area contributed by atoms with Crippen molar-refractivity contribution in [1.82, 2.24) is 0 Å². The summed E-state index contributed by atoms with van der Waals surface area (Å²) in [5.74, 6) is 1.43. The number of halogens is 1. The molecule has 0 aliphatic carbocycles. The van der Waals surface area contributed by atoms with Gasteiger partial charge in [-0.2, -0.15) is 0 Å². The van der Waals surface area contributed by atoms with Crippen LogP contribution in [0.25, 0.3) is 11.1 Å². The molecule has 0 amide bonds. The number of hydrogen-bond donors (Lipinski definition) is 0. The van der Waals surface area contributed by atoms with Crippen molar-refractivity contribution in [2.75, 3.05) is 13.7 Å². The van der Waals surface area contributed by atoms with Gasteiger partial charge in [-0.25, -0.2) is 4.39 Å². The van der Waals surface area contributed by atoms with Crippen molar-refractivity contribution >= 4 is 11.1 Å². The second-order valence-corrected chi connectivity index (χ2v) is 5.87. The molecule has 0 fully saturated rings. The average molecular weight is 332 g/mol. The first-order chi connectivity index (χ1) is 12.3. The molecule has 0 N–H and O–H groups in total. The zero-order chi connectivity index (χ0) is 17.2. The summed E-state index contributed by atoms with van der Waals surface area (Å²) in [5.41, 5.74) is 5.23. The largest absolute Gasteiger partial charge is 0.497 e. The van der Waals surface area contributed by atoms with E-state index in [4.69, 9.17) is 9.47 Å². The lowest BCUT2D eigenvalue weighted by atomic mass is 9.88. The SMILES string of the molecule is COc1ccc(C2=C(c3ccc(F)cc3)COc3ccccc32)cc1. The Morgan fingerprint density at radius 3 is 2.24 bits per heavy atom. The van der Waals surface area contributed by atoms with Crippen LogP contribution in [0.3, 0.4) is 0 Å². The van der Waals surface area contributed by atoms with E-state index in [9.17, 15) is 4.39 Å². The van der Waals surface area contributed by atoms with Gasteiger partial charge in [-0.3, -0.25) is 0 Å². The average Bonchev–Trinajstić information content (AvgIpc) is 2.68. The normalized spacial score (nSPS) is 13.2. The van der Waals surface area contributed by atoms with Gasteiger partial charge in [0.2, 0.25) is 0 Å². The van der Waals surface area contributed by atoms with Crippen molar-refractivity contribution in [3.05, 3.63) is 95.3 Å². The lowest BCUT2D eigenvalue weighted by Crippen LogP contribution is -2.11.